The third-order valence-electron chi connectivity index (χ3n) is 12.8. The summed E-state index contributed by atoms with van der Waals surface area (Å²) in [6, 6.07) is 0. The van der Waals surface area contributed by atoms with Crippen LogP contribution in [0.4, 0.5) is 0 Å². The van der Waals surface area contributed by atoms with Crippen LogP contribution in [0.1, 0.15) is 303 Å². The summed E-state index contributed by atoms with van der Waals surface area (Å²) in [5.41, 5.74) is 0. The van der Waals surface area contributed by atoms with Crippen LogP contribution in [0.25, 0.3) is 0 Å². The monoisotopic (exact) mass is 939 g/mol. The third-order valence-corrected chi connectivity index (χ3v) is 12.8. The molecule has 6 heteroatoms. The molecule has 1 unspecified atom stereocenters. The molecular weight excluding hydrogens is 829 g/mol. The number of allylic oxidation sites excluding steroid dienone is 8. The summed E-state index contributed by atoms with van der Waals surface area (Å²) in [5, 5.41) is 0. The van der Waals surface area contributed by atoms with Crippen molar-refractivity contribution in [2.45, 2.75) is 309 Å². The van der Waals surface area contributed by atoms with Crippen LogP contribution in [0.15, 0.2) is 48.6 Å². The summed E-state index contributed by atoms with van der Waals surface area (Å²) in [4.78, 5) is 38.1. The second kappa shape index (κ2) is 56.0. The van der Waals surface area contributed by atoms with E-state index in [-0.39, 0.29) is 31.1 Å². The molecule has 0 bridgehead atoms. The van der Waals surface area contributed by atoms with Gasteiger partial charge in [0.05, 0.1) is 0 Å². The Morgan fingerprint density at radius 3 is 0.910 bits per heavy atom. The maximum Gasteiger partial charge on any atom is 0.306 e. The zero-order chi connectivity index (χ0) is 48.6. The van der Waals surface area contributed by atoms with E-state index >= 15 is 0 Å². The highest BCUT2D eigenvalue weighted by Gasteiger charge is 2.19. The number of unbranched alkanes of at least 4 members (excludes halogenated alkanes) is 34. The number of rotatable bonds is 53. The molecule has 0 aromatic rings. The summed E-state index contributed by atoms with van der Waals surface area (Å²) in [6.45, 7) is 6.55. The lowest BCUT2D eigenvalue weighted by Gasteiger charge is -2.18. The molecule has 1 atom stereocenters. The van der Waals surface area contributed by atoms with E-state index in [1.807, 2.05) is 0 Å². The van der Waals surface area contributed by atoms with Gasteiger partial charge < -0.3 is 14.2 Å². The number of hydrogen-bond donors (Lipinski definition) is 0. The zero-order valence-electron chi connectivity index (χ0n) is 44.7. The largest absolute Gasteiger partial charge is 0.462 e. The lowest BCUT2D eigenvalue weighted by atomic mass is 10.0. The van der Waals surface area contributed by atoms with Crippen LogP contribution in [-0.2, 0) is 28.6 Å². The topological polar surface area (TPSA) is 78.9 Å². The summed E-state index contributed by atoms with van der Waals surface area (Å²) in [5.74, 6) is -0.863. The molecule has 0 rings (SSSR count). The van der Waals surface area contributed by atoms with E-state index in [1.54, 1.807) is 0 Å². The van der Waals surface area contributed by atoms with Crippen LogP contribution in [0.5, 0.6) is 0 Å². The second-order valence-electron chi connectivity index (χ2n) is 19.5. The van der Waals surface area contributed by atoms with Gasteiger partial charge in [-0.25, -0.2) is 0 Å². The Hall–Kier alpha value is -2.63. The summed E-state index contributed by atoms with van der Waals surface area (Å²) >= 11 is 0. The van der Waals surface area contributed by atoms with Gasteiger partial charge in [0.25, 0.3) is 0 Å². The van der Waals surface area contributed by atoms with Crippen LogP contribution in [0.3, 0.4) is 0 Å². The molecule has 0 saturated heterocycles. The van der Waals surface area contributed by atoms with Gasteiger partial charge in [0.2, 0.25) is 0 Å². The van der Waals surface area contributed by atoms with Crippen molar-refractivity contribution in [1.29, 1.82) is 0 Å². The minimum Gasteiger partial charge on any atom is -0.462 e. The Bertz CT molecular complexity index is 1170. The maximum absolute atomic E-state index is 12.8. The molecular formula is C61H110O6. The van der Waals surface area contributed by atoms with E-state index in [0.717, 1.165) is 89.9 Å². The molecule has 0 amide bonds. The van der Waals surface area contributed by atoms with E-state index in [0.29, 0.717) is 19.3 Å². The van der Waals surface area contributed by atoms with Gasteiger partial charge >= 0.3 is 17.9 Å². The Kier molecular flexibility index (Phi) is 53.8. The van der Waals surface area contributed by atoms with Gasteiger partial charge in [0.1, 0.15) is 13.2 Å². The lowest BCUT2D eigenvalue weighted by Crippen LogP contribution is -2.30. The molecule has 390 valence electrons. The van der Waals surface area contributed by atoms with Gasteiger partial charge in [0, 0.05) is 19.3 Å². The van der Waals surface area contributed by atoms with Crippen molar-refractivity contribution in [3.8, 4) is 0 Å². The minimum atomic E-state index is -0.772. The van der Waals surface area contributed by atoms with Gasteiger partial charge in [-0.15, -0.1) is 0 Å². The van der Waals surface area contributed by atoms with Gasteiger partial charge in [0.15, 0.2) is 6.10 Å². The average Bonchev–Trinajstić information content (AvgIpc) is 3.33. The first-order valence-electron chi connectivity index (χ1n) is 29.1. The number of ether oxygens (including phenoxy) is 3. The summed E-state index contributed by atoms with van der Waals surface area (Å²) < 4.78 is 16.9. The van der Waals surface area contributed by atoms with Crippen molar-refractivity contribution >= 4 is 17.9 Å². The highest BCUT2D eigenvalue weighted by molar-refractivity contribution is 5.71. The molecule has 0 aromatic heterocycles. The molecule has 0 radical (unpaired) electrons. The van der Waals surface area contributed by atoms with Crippen LogP contribution >= 0.6 is 0 Å². The van der Waals surface area contributed by atoms with Crippen LogP contribution in [0.2, 0.25) is 0 Å². The zero-order valence-corrected chi connectivity index (χ0v) is 44.7. The highest BCUT2D eigenvalue weighted by Crippen LogP contribution is 2.17. The minimum absolute atomic E-state index is 0.0711. The van der Waals surface area contributed by atoms with Crippen molar-refractivity contribution in [3.05, 3.63) is 48.6 Å². The first-order valence-corrected chi connectivity index (χ1v) is 29.1. The standard InChI is InChI=1S/C61H110O6/c1-4-7-10-13-16-19-22-24-26-28-29-30-31-33-34-36-39-42-45-48-51-54-60(63)66-57-58(56-65-59(62)53-50-47-44-41-38-21-18-15-12-9-6-3)67-61(64)55-52-49-46-43-40-37-35-32-27-25-23-20-17-14-11-8-5-2/h7,10,16,19,24,26,29-30,58H,4-6,8-9,11-15,17-18,20-23,25,27-28,31-57H2,1-3H3/b10-7-,19-16-,26-24-,30-29-. The summed E-state index contributed by atoms with van der Waals surface area (Å²) in [7, 11) is 0. The van der Waals surface area contributed by atoms with E-state index in [9.17, 15) is 14.4 Å². The molecule has 0 fully saturated rings. The molecule has 0 aliphatic rings. The van der Waals surface area contributed by atoms with Crippen molar-refractivity contribution in [3.63, 3.8) is 0 Å². The normalized spacial score (nSPS) is 12.3. The van der Waals surface area contributed by atoms with Crippen LogP contribution in [-0.4, -0.2) is 37.2 Å². The van der Waals surface area contributed by atoms with Gasteiger partial charge in [-0.3, -0.25) is 14.4 Å². The number of hydrogen-bond acceptors (Lipinski definition) is 6. The smallest absolute Gasteiger partial charge is 0.306 e. The van der Waals surface area contributed by atoms with Crippen LogP contribution in [0, 0.1) is 0 Å². The molecule has 6 nitrogen and oxygen atoms in total. The van der Waals surface area contributed by atoms with Gasteiger partial charge in [-0.2, -0.15) is 0 Å². The fourth-order valence-electron chi connectivity index (χ4n) is 8.49. The molecule has 0 heterocycles. The van der Waals surface area contributed by atoms with E-state index in [2.05, 4.69) is 69.4 Å². The number of carbonyl (C=O) groups is 3. The van der Waals surface area contributed by atoms with Crippen molar-refractivity contribution in [2.24, 2.45) is 0 Å². The van der Waals surface area contributed by atoms with Gasteiger partial charge in [-0.1, -0.05) is 275 Å². The second-order valence-corrected chi connectivity index (χ2v) is 19.5. The number of carbonyl (C=O) groups excluding carboxylic acids is 3. The molecule has 0 aliphatic carbocycles. The van der Waals surface area contributed by atoms with E-state index in [1.165, 1.54) is 173 Å². The van der Waals surface area contributed by atoms with E-state index < -0.39 is 6.10 Å². The van der Waals surface area contributed by atoms with E-state index in [4.69, 9.17) is 14.2 Å². The first-order chi connectivity index (χ1) is 33.0. The highest BCUT2D eigenvalue weighted by atomic mass is 16.6. The summed E-state index contributed by atoms with van der Waals surface area (Å²) in [6.07, 6.45) is 68.2. The predicted octanol–water partition coefficient (Wildman–Crippen LogP) is 19.4. The Morgan fingerprint density at radius 2 is 0.582 bits per heavy atom. The fourth-order valence-corrected chi connectivity index (χ4v) is 8.49. The fraction of sp³-hybridized carbons (Fsp3) is 0.820. The predicted molar refractivity (Wildman–Crippen MR) is 289 cm³/mol. The van der Waals surface area contributed by atoms with Crippen LogP contribution < -0.4 is 0 Å². The molecule has 0 aliphatic heterocycles. The number of esters is 3. The third kappa shape index (κ3) is 54.2. The van der Waals surface area contributed by atoms with Crippen molar-refractivity contribution < 1.29 is 28.6 Å². The van der Waals surface area contributed by atoms with Crippen molar-refractivity contribution in [1.82, 2.24) is 0 Å². The van der Waals surface area contributed by atoms with Gasteiger partial charge in [-0.05, 0) is 57.8 Å². The molecule has 0 spiro atoms. The molecule has 0 saturated carbocycles. The molecule has 0 N–H and O–H groups in total. The Balaban J connectivity index is 4.30. The Labute approximate surface area is 416 Å². The maximum atomic E-state index is 12.8. The average molecular weight is 940 g/mol. The quantitative estimate of drug-likeness (QED) is 0.0262. The SMILES string of the molecule is CC/C=C\C/C=C\C/C=C\C/C=C\CCCCCCCCCCC(=O)OCC(COC(=O)CCCCCCCCCCCCC)OC(=O)CCCCCCCCCCCCCCCCCCC. The lowest BCUT2D eigenvalue weighted by molar-refractivity contribution is -0.167. The first kappa shape index (κ1) is 64.4. The molecule has 67 heavy (non-hydrogen) atoms. The van der Waals surface area contributed by atoms with Crippen molar-refractivity contribution in [2.75, 3.05) is 13.2 Å². The molecule has 0 aromatic carbocycles. The Morgan fingerprint density at radius 1 is 0.313 bits per heavy atom.